The van der Waals surface area contributed by atoms with Gasteiger partial charge in [0.25, 0.3) is 5.91 Å². The smallest absolute Gasteiger partial charge is 0.260 e. The molecule has 0 aromatic heterocycles. The van der Waals surface area contributed by atoms with Gasteiger partial charge in [-0.3, -0.25) is 9.69 Å². The van der Waals surface area contributed by atoms with E-state index in [2.05, 4.69) is 4.90 Å². The minimum absolute atomic E-state index is 0.0199. The molecule has 1 fully saturated rings. The molecular weight excluding hydrogens is 392 g/mol. The number of fused-ring (bicyclic) bond motifs is 1. The summed E-state index contributed by atoms with van der Waals surface area (Å²) in [6.45, 7) is 3.79. The molecule has 0 N–H and O–H groups in total. The number of amides is 1. The van der Waals surface area contributed by atoms with Crippen molar-refractivity contribution in [2.24, 2.45) is 0 Å². The number of rotatable bonds is 7. The van der Waals surface area contributed by atoms with Gasteiger partial charge in [-0.1, -0.05) is 36.4 Å². The lowest BCUT2D eigenvalue weighted by Gasteiger charge is -2.35. The van der Waals surface area contributed by atoms with Crippen molar-refractivity contribution in [2.45, 2.75) is 6.54 Å². The van der Waals surface area contributed by atoms with Gasteiger partial charge >= 0.3 is 0 Å². The van der Waals surface area contributed by atoms with Crippen molar-refractivity contribution in [3.8, 4) is 17.2 Å². The number of ether oxygens (including phenoxy) is 3. The molecule has 0 saturated carbocycles. The number of benzene rings is 3. The van der Waals surface area contributed by atoms with Gasteiger partial charge in [-0.2, -0.15) is 0 Å². The quantitative estimate of drug-likeness (QED) is 0.585. The number of nitrogens with zero attached hydrogens (tertiary/aromatic N) is 2. The molecule has 0 radical (unpaired) electrons. The minimum atomic E-state index is 0.0199. The van der Waals surface area contributed by atoms with Crippen molar-refractivity contribution in [3.05, 3.63) is 66.2 Å². The Labute approximate surface area is 182 Å². The van der Waals surface area contributed by atoms with Gasteiger partial charge in [0, 0.05) is 43.7 Å². The Morgan fingerprint density at radius 1 is 0.871 bits per heavy atom. The fraction of sp³-hybridized carbons (Fsp3) is 0.320. The van der Waals surface area contributed by atoms with E-state index in [-0.39, 0.29) is 12.5 Å². The number of hydrogen-bond donors (Lipinski definition) is 0. The van der Waals surface area contributed by atoms with Crippen LogP contribution < -0.4 is 14.2 Å². The van der Waals surface area contributed by atoms with E-state index in [1.54, 1.807) is 14.2 Å². The van der Waals surface area contributed by atoms with Gasteiger partial charge in [-0.05, 0) is 29.7 Å². The molecular formula is C25H28N2O4. The van der Waals surface area contributed by atoms with E-state index in [1.807, 2.05) is 65.6 Å². The van der Waals surface area contributed by atoms with Crippen molar-refractivity contribution in [1.82, 2.24) is 9.80 Å². The molecule has 1 heterocycles. The van der Waals surface area contributed by atoms with Crippen molar-refractivity contribution < 1.29 is 19.0 Å². The van der Waals surface area contributed by atoms with Crippen LogP contribution in [0.5, 0.6) is 17.2 Å². The van der Waals surface area contributed by atoms with Crippen molar-refractivity contribution in [3.63, 3.8) is 0 Å². The molecule has 1 aliphatic heterocycles. The van der Waals surface area contributed by atoms with Crippen LogP contribution in [-0.4, -0.2) is 62.7 Å². The molecule has 1 amide bonds. The van der Waals surface area contributed by atoms with E-state index in [1.165, 1.54) is 0 Å². The Kier molecular flexibility index (Phi) is 6.57. The normalized spacial score (nSPS) is 14.5. The summed E-state index contributed by atoms with van der Waals surface area (Å²) in [6, 6.07) is 19.8. The molecule has 4 rings (SSSR count). The highest BCUT2D eigenvalue weighted by Crippen LogP contribution is 2.26. The minimum Gasteiger partial charge on any atom is -0.497 e. The van der Waals surface area contributed by atoms with Gasteiger partial charge in [0.1, 0.15) is 17.2 Å². The van der Waals surface area contributed by atoms with Crippen LogP contribution in [0.25, 0.3) is 10.8 Å². The monoisotopic (exact) mass is 420 g/mol. The van der Waals surface area contributed by atoms with Gasteiger partial charge in [0.05, 0.1) is 14.2 Å². The number of methoxy groups -OCH3 is 2. The van der Waals surface area contributed by atoms with Gasteiger partial charge in [-0.15, -0.1) is 0 Å². The number of carbonyl (C=O) groups is 1. The summed E-state index contributed by atoms with van der Waals surface area (Å²) in [4.78, 5) is 16.9. The topological polar surface area (TPSA) is 51.2 Å². The largest absolute Gasteiger partial charge is 0.497 e. The molecule has 0 atom stereocenters. The van der Waals surface area contributed by atoms with Crippen LogP contribution in [0.1, 0.15) is 5.56 Å². The summed E-state index contributed by atoms with van der Waals surface area (Å²) < 4.78 is 16.7. The van der Waals surface area contributed by atoms with E-state index in [4.69, 9.17) is 14.2 Å². The Morgan fingerprint density at radius 2 is 1.65 bits per heavy atom. The lowest BCUT2D eigenvalue weighted by molar-refractivity contribution is -0.135. The van der Waals surface area contributed by atoms with E-state index >= 15 is 0 Å². The van der Waals surface area contributed by atoms with E-state index in [9.17, 15) is 4.79 Å². The maximum Gasteiger partial charge on any atom is 0.260 e. The molecule has 1 aliphatic rings. The van der Waals surface area contributed by atoms with Gasteiger partial charge in [0.15, 0.2) is 6.61 Å². The SMILES string of the molecule is COc1ccc(OC)c(CN2CCN(C(=O)COc3cccc4ccccc34)CC2)c1. The third-order valence-corrected chi connectivity index (χ3v) is 5.71. The average Bonchev–Trinajstić information content (AvgIpc) is 2.83. The van der Waals surface area contributed by atoms with E-state index in [0.29, 0.717) is 13.1 Å². The Hall–Kier alpha value is -3.25. The molecule has 0 bridgehead atoms. The summed E-state index contributed by atoms with van der Waals surface area (Å²) in [5.41, 5.74) is 1.08. The predicted octanol–water partition coefficient (Wildman–Crippen LogP) is 3.58. The zero-order valence-corrected chi connectivity index (χ0v) is 18.0. The summed E-state index contributed by atoms with van der Waals surface area (Å²) in [7, 11) is 3.34. The molecule has 0 spiro atoms. The van der Waals surface area contributed by atoms with Crippen LogP contribution in [0.3, 0.4) is 0 Å². The third-order valence-electron chi connectivity index (χ3n) is 5.71. The molecule has 3 aromatic rings. The van der Waals surface area contributed by atoms with Crippen LogP contribution >= 0.6 is 0 Å². The highest BCUT2D eigenvalue weighted by atomic mass is 16.5. The van der Waals surface area contributed by atoms with Crippen molar-refractivity contribution in [1.29, 1.82) is 0 Å². The fourth-order valence-corrected chi connectivity index (χ4v) is 3.95. The lowest BCUT2D eigenvalue weighted by Crippen LogP contribution is -2.49. The molecule has 162 valence electrons. The van der Waals surface area contributed by atoms with Gasteiger partial charge in [-0.25, -0.2) is 0 Å². The van der Waals surface area contributed by atoms with E-state index < -0.39 is 0 Å². The highest BCUT2D eigenvalue weighted by molar-refractivity contribution is 5.88. The third kappa shape index (κ3) is 4.91. The Morgan fingerprint density at radius 3 is 2.42 bits per heavy atom. The van der Waals surface area contributed by atoms with Gasteiger partial charge < -0.3 is 19.1 Å². The van der Waals surface area contributed by atoms with Crippen LogP contribution in [0.4, 0.5) is 0 Å². The maximum atomic E-state index is 12.7. The van der Waals surface area contributed by atoms with Crippen LogP contribution in [0, 0.1) is 0 Å². The second kappa shape index (κ2) is 9.71. The fourth-order valence-electron chi connectivity index (χ4n) is 3.95. The number of piperazine rings is 1. The second-order valence-corrected chi connectivity index (χ2v) is 7.60. The molecule has 3 aromatic carbocycles. The highest BCUT2D eigenvalue weighted by Gasteiger charge is 2.22. The average molecular weight is 421 g/mol. The maximum absolute atomic E-state index is 12.7. The Bertz CT molecular complexity index is 1040. The summed E-state index contributed by atoms with van der Waals surface area (Å²) in [5.74, 6) is 2.43. The molecule has 0 unspecified atom stereocenters. The molecule has 1 saturated heterocycles. The molecule has 6 heteroatoms. The first-order chi connectivity index (χ1) is 15.2. The van der Waals surface area contributed by atoms with Gasteiger partial charge in [0.2, 0.25) is 0 Å². The Balaban J connectivity index is 1.31. The van der Waals surface area contributed by atoms with E-state index in [0.717, 1.165) is 53.2 Å². The van der Waals surface area contributed by atoms with Crippen molar-refractivity contribution in [2.75, 3.05) is 47.0 Å². The standard InChI is InChI=1S/C25H28N2O4/c1-29-21-10-11-23(30-2)20(16-21)17-26-12-14-27(15-13-26)25(28)18-31-24-9-5-7-19-6-3-4-8-22(19)24/h3-11,16H,12-15,17-18H2,1-2H3. The first-order valence-electron chi connectivity index (χ1n) is 10.5. The first kappa shape index (κ1) is 21.0. The van der Waals surface area contributed by atoms with Crippen LogP contribution in [0.15, 0.2) is 60.7 Å². The zero-order valence-electron chi connectivity index (χ0n) is 18.0. The number of hydrogen-bond acceptors (Lipinski definition) is 5. The van der Waals surface area contributed by atoms with Crippen LogP contribution in [0.2, 0.25) is 0 Å². The predicted molar refractivity (Wildman–Crippen MR) is 121 cm³/mol. The second-order valence-electron chi connectivity index (χ2n) is 7.60. The number of carbonyl (C=O) groups excluding carboxylic acids is 1. The van der Waals surface area contributed by atoms with Crippen LogP contribution in [-0.2, 0) is 11.3 Å². The van der Waals surface area contributed by atoms with Crippen molar-refractivity contribution >= 4 is 16.7 Å². The molecule has 6 nitrogen and oxygen atoms in total. The molecule has 0 aliphatic carbocycles. The first-order valence-corrected chi connectivity index (χ1v) is 10.5. The molecule has 31 heavy (non-hydrogen) atoms. The summed E-state index contributed by atoms with van der Waals surface area (Å²) in [6.07, 6.45) is 0. The lowest BCUT2D eigenvalue weighted by atomic mass is 10.1. The zero-order chi connectivity index (χ0) is 21.6. The summed E-state index contributed by atoms with van der Waals surface area (Å²) >= 11 is 0. The summed E-state index contributed by atoms with van der Waals surface area (Å²) in [5, 5.41) is 2.13.